The molecule has 0 atom stereocenters. The van der Waals surface area contributed by atoms with Crippen LogP contribution in [0.1, 0.15) is 27.2 Å². The van der Waals surface area contributed by atoms with E-state index in [9.17, 15) is 31.9 Å². The van der Waals surface area contributed by atoms with Crippen LogP contribution in [0.4, 0.5) is 17.6 Å². The molecule has 1 amide bonds. The number of aromatic nitrogens is 3. The summed E-state index contributed by atoms with van der Waals surface area (Å²) in [5.74, 6) is -1.37. The number of hydrogen-bond donors (Lipinski definition) is 0. The largest absolute Gasteiger partial charge is 0.416 e. The zero-order valence-corrected chi connectivity index (χ0v) is 19.4. The molecule has 4 aromatic rings. The van der Waals surface area contributed by atoms with Crippen LogP contribution in [0, 0.1) is 5.82 Å². The highest BCUT2D eigenvalue weighted by molar-refractivity contribution is 5.91. The Morgan fingerprint density at radius 2 is 1.59 bits per heavy atom. The Morgan fingerprint density at radius 3 is 2.24 bits per heavy atom. The molecule has 7 nitrogen and oxygen atoms in total. The maximum atomic E-state index is 13.4. The number of nitrogens with zero attached hydrogens (tertiary/aromatic N) is 4. The van der Waals surface area contributed by atoms with Gasteiger partial charge in [-0.3, -0.25) is 14.2 Å². The van der Waals surface area contributed by atoms with Crippen molar-refractivity contribution in [3.05, 3.63) is 128 Å². The first-order valence-corrected chi connectivity index (χ1v) is 11.0. The van der Waals surface area contributed by atoms with Gasteiger partial charge in [0, 0.05) is 13.6 Å². The lowest BCUT2D eigenvalue weighted by atomic mass is 10.2. The molecule has 37 heavy (non-hydrogen) atoms. The third-order valence-corrected chi connectivity index (χ3v) is 5.54. The Bertz CT molecular complexity index is 1550. The second kappa shape index (κ2) is 10.2. The van der Waals surface area contributed by atoms with E-state index in [-0.39, 0.29) is 18.8 Å². The molecular formula is C26H20F4N4O3. The molecule has 0 unspecified atom stereocenters. The summed E-state index contributed by atoms with van der Waals surface area (Å²) in [7, 11) is 1.43. The lowest BCUT2D eigenvalue weighted by molar-refractivity contribution is -0.137. The van der Waals surface area contributed by atoms with Gasteiger partial charge in [-0.2, -0.15) is 23.0 Å². The van der Waals surface area contributed by atoms with Crippen LogP contribution in [-0.4, -0.2) is 32.2 Å². The molecule has 190 valence electrons. The Morgan fingerprint density at radius 1 is 0.919 bits per heavy atom. The molecule has 1 heterocycles. The Balaban J connectivity index is 1.85. The maximum Gasteiger partial charge on any atom is 0.416 e. The van der Waals surface area contributed by atoms with Gasteiger partial charge in [-0.15, -0.1) is 0 Å². The smallest absolute Gasteiger partial charge is 0.336 e. The Hall–Kier alpha value is -4.54. The summed E-state index contributed by atoms with van der Waals surface area (Å²) >= 11 is 0. The maximum absolute atomic E-state index is 13.4. The van der Waals surface area contributed by atoms with Crippen molar-refractivity contribution in [2.75, 3.05) is 7.05 Å². The summed E-state index contributed by atoms with van der Waals surface area (Å²) in [6.07, 6.45) is -4.70. The Kier molecular flexibility index (Phi) is 7.05. The van der Waals surface area contributed by atoms with Crippen LogP contribution >= 0.6 is 0 Å². The fraction of sp³-hybridized carbons (Fsp3) is 0.154. The molecule has 1 aromatic heterocycles. The van der Waals surface area contributed by atoms with Crippen molar-refractivity contribution in [1.82, 2.24) is 19.2 Å². The van der Waals surface area contributed by atoms with Gasteiger partial charge in [-0.05, 0) is 41.5 Å². The second-order valence-corrected chi connectivity index (χ2v) is 8.26. The molecule has 3 aromatic carbocycles. The first-order chi connectivity index (χ1) is 17.5. The van der Waals surface area contributed by atoms with Crippen molar-refractivity contribution < 1.29 is 22.4 Å². The van der Waals surface area contributed by atoms with Gasteiger partial charge < -0.3 is 4.90 Å². The van der Waals surface area contributed by atoms with Gasteiger partial charge in [0.25, 0.3) is 11.5 Å². The van der Waals surface area contributed by atoms with Gasteiger partial charge in [0.05, 0.1) is 17.8 Å². The summed E-state index contributed by atoms with van der Waals surface area (Å²) in [5, 5.41) is 3.90. The van der Waals surface area contributed by atoms with E-state index in [0.29, 0.717) is 20.9 Å². The van der Waals surface area contributed by atoms with Crippen molar-refractivity contribution >= 4 is 5.91 Å². The van der Waals surface area contributed by atoms with Gasteiger partial charge in [0.1, 0.15) is 5.82 Å². The van der Waals surface area contributed by atoms with Crippen LogP contribution in [0.5, 0.6) is 0 Å². The summed E-state index contributed by atoms with van der Waals surface area (Å²) in [6.45, 7) is -0.246. The van der Waals surface area contributed by atoms with E-state index >= 15 is 0 Å². The van der Waals surface area contributed by atoms with Gasteiger partial charge >= 0.3 is 11.9 Å². The van der Waals surface area contributed by atoms with Crippen molar-refractivity contribution in [3.8, 4) is 5.69 Å². The van der Waals surface area contributed by atoms with E-state index in [1.54, 1.807) is 30.3 Å². The molecule has 0 saturated carbocycles. The molecule has 0 saturated heterocycles. The van der Waals surface area contributed by atoms with Gasteiger partial charge in [-0.25, -0.2) is 9.18 Å². The molecule has 11 heteroatoms. The van der Waals surface area contributed by atoms with E-state index in [4.69, 9.17) is 0 Å². The van der Waals surface area contributed by atoms with E-state index < -0.39 is 40.4 Å². The lowest BCUT2D eigenvalue weighted by Crippen LogP contribution is -2.46. The number of carbonyl (C=O) groups is 1. The van der Waals surface area contributed by atoms with Crippen LogP contribution in [-0.2, 0) is 19.3 Å². The fourth-order valence-corrected chi connectivity index (χ4v) is 3.65. The van der Waals surface area contributed by atoms with Crippen LogP contribution in [0.15, 0.2) is 88.5 Å². The molecule has 0 aliphatic heterocycles. The molecule has 0 fully saturated rings. The lowest BCUT2D eigenvalue weighted by Gasteiger charge is -2.18. The Labute approximate surface area is 207 Å². The van der Waals surface area contributed by atoms with Crippen LogP contribution in [0.25, 0.3) is 5.69 Å². The SMILES string of the molecule is CN(Cc1ccccc1)C(=O)c1nn(-c2cccc(C(F)(F)F)c2)c(=O)n(Cc2ccc(F)cc2)c1=O. The normalized spacial score (nSPS) is 11.4. The number of hydrogen-bond acceptors (Lipinski definition) is 4. The first-order valence-electron chi connectivity index (χ1n) is 11.0. The van der Waals surface area contributed by atoms with Crippen molar-refractivity contribution in [3.63, 3.8) is 0 Å². The average Bonchev–Trinajstić information content (AvgIpc) is 2.87. The molecule has 0 aliphatic carbocycles. The first kappa shape index (κ1) is 25.5. The van der Waals surface area contributed by atoms with Crippen LogP contribution in [0.3, 0.4) is 0 Å². The zero-order chi connectivity index (χ0) is 26.7. The molecular weight excluding hydrogens is 492 g/mol. The molecule has 0 bridgehead atoms. The van der Waals surface area contributed by atoms with E-state index in [1.807, 2.05) is 0 Å². The number of rotatable bonds is 6. The minimum Gasteiger partial charge on any atom is -0.336 e. The quantitative estimate of drug-likeness (QED) is 0.368. The standard InChI is InChI=1S/C26H20F4N4O3/c1-32(15-17-6-3-2-4-7-17)23(35)22-24(36)33(16-18-10-12-20(27)13-11-18)25(37)34(31-22)21-9-5-8-19(14-21)26(28,29)30/h2-14H,15-16H2,1H3. The van der Waals surface area contributed by atoms with Crippen LogP contribution < -0.4 is 11.2 Å². The van der Waals surface area contributed by atoms with Crippen molar-refractivity contribution in [2.24, 2.45) is 0 Å². The average molecular weight is 512 g/mol. The number of carbonyl (C=O) groups excluding carboxylic acids is 1. The van der Waals surface area contributed by atoms with Crippen molar-refractivity contribution in [1.29, 1.82) is 0 Å². The second-order valence-electron chi connectivity index (χ2n) is 8.26. The minimum absolute atomic E-state index is 0.113. The number of alkyl halides is 3. The third kappa shape index (κ3) is 5.66. The predicted molar refractivity (Wildman–Crippen MR) is 127 cm³/mol. The third-order valence-electron chi connectivity index (χ3n) is 5.54. The summed E-state index contributed by atoms with van der Waals surface area (Å²) in [5.41, 5.74) is -2.94. The number of amides is 1. The highest BCUT2D eigenvalue weighted by atomic mass is 19.4. The molecule has 0 aliphatic rings. The molecule has 0 radical (unpaired) electrons. The van der Waals surface area contributed by atoms with Gasteiger partial charge in [0.15, 0.2) is 0 Å². The van der Waals surface area contributed by atoms with E-state index in [0.717, 1.165) is 29.8 Å². The molecule has 0 N–H and O–H groups in total. The highest BCUT2D eigenvalue weighted by Gasteiger charge is 2.31. The van der Waals surface area contributed by atoms with E-state index in [2.05, 4.69) is 5.10 Å². The minimum atomic E-state index is -4.70. The topological polar surface area (TPSA) is 77.2 Å². The number of halogens is 4. The van der Waals surface area contributed by atoms with Gasteiger partial charge in [-0.1, -0.05) is 48.5 Å². The van der Waals surface area contributed by atoms with Gasteiger partial charge in [0.2, 0.25) is 5.69 Å². The van der Waals surface area contributed by atoms with Crippen LogP contribution in [0.2, 0.25) is 0 Å². The summed E-state index contributed by atoms with van der Waals surface area (Å²) < 4.78 is 54.6. The highest BCUT2D eigenvalue weighted by Crippen LogP contribution is 2.30. The monoisotopic (exact) mass is 512 g/mol. The summed E-state index contributed by atoms with van der Waals surface area (Å²) in [6, 6.07) is 17.7. The fourth-order valence-electron chi connectivity index (χ4n) is 3.65. The van der Waals surface area contributed by atoms with E-state index in [1.165, 1.54) is 30.1 Å². The number of benzene rings is 3. The van der Waals surface area contributed by atoms with Crippen molar-refractivity contribution in [2.45, 2.75) is 19.3 Å². The molecule has 0 spiro atoms. The predicted octanol–water partition coefficient (Wildman–Crippen LogP) is 3.87. The summed E-state index contributed by atoms with van der Waals surface area (Å²) in [4.78, 5) is 41.0. The zero-order valence-electron chi connectivity index (χ0n) is 19.4. The molecule has 4 rings (SSSR count).